The first-order valence-corrected chi connectivity index (χ1v) is 15.1. The molecule has 0 N–H and O–H groups in total. The molecular weight excluding hydrogens is 549 g/mol. The lowest BCUT2D eigenvalue weighted by Crippen LogP contribution is -2.53. The van der Waals surface area contributed by atoms with Crippen LogP contribution in [0.25, 0.3) is 33.9 Å². The lowest BCUT2D eigenvalue weighted by molar-refractivity contribution is 1.18. The zero-order valence-electron chi connectivity index (χ0n) is 24.5. The van der Waals surface area contributed by atoms with Crippen molar-refractivity contribution in [1.82, 2.24) is 15.0 Å². The first-order valence-electron chi connectivity index (χ1n) is 15.1. The Balaban J connectivity index is 1.24. The van der Waals surface area contributed by atoms with Crippen molar-refractivity contribution in [1.29, 1.82) is 0 Å². The normalized spacial score (nSPS) is 12.3. The van der Waals surface area contributed by atoms with Crippen LogP contribution in [0.3, 0.4) is 0 Å². The Kier molecular flexibility index (Phi) is 6.85. The molecular formula is C39H28BN5. The van der Waals surface area contributed by atoms with E-state index in [0.29, 0.717) is 5.82 Å². The van der Waals surface area contributed by atoms with Crippen LogP contribution in [0.4, 0.5) is 22.9 Å². The molecule has 6 heteroatoms. The minimum Gasteiger partial charge on any atom is -0.359 e. The summed E-state index contributed by atoms with van der Waals surface area (Å²) >= 11 is 0. The van der Waals surface area contributed by atoms with Crippen molar-refractivity contribution < 1.29 is 0 Å². The lowest BCUT2D eigenvalue weighted by atomic mass is 9.64. The van der Waals surface area contributed by atoms with Gasteiger partial charge in [0.25, 0.3) is 0 Å². The van der Waals surface area contributed by atoms with E-state index < -0.39 is 0 Å². The molecule has 0 saturated carbocycles. The van der Waals surface area contributed by atoms with Gasteiger partial charge in [0.15, 0.2) is 5.82 Å². The van der Waals surface area contributed by atoms with Crippen molar-refractivity contribution in [2.75, 3.05) is 9.62 Å². The number of anilines is 4. The van der Waals surface area contributed by atoms with E-state index in [1.54, 1.807) is 0 Å². The molecule has 0 aliphatic carbocycles. The molecule has 7 aromatic rings. The maximum absolute atomic E-state index is 5.03. The quantitative estimate of drug-likeness (QED) is 0.185. The highest BCUT2D eigenvalue weighted by Gasteiger charge is 2.44. The average molecular weight is 578 g/mol. The number of aromatic nitrogens is 3. The third-order valence-corrected chi connectivity index (χ3v) is 8.14. The van der Waals surface area contributed by atoms with E-state index in [9.17, 15) is 0 Å². The van der Waals surface area contributed by atoms with Crippen molar-refractivity contribution in [3.63, 3.8) is 0 Å². The number of para-hydroxylation sites is 1. The van der Waals surface area contributed by atoms with E-state index in [2.05, 4.69) is 125 Å². The van der Waals surface area contributed by atoms with Crippen molar-refractivity contribution in [2.45, 2.75) is 0 Å². The first kappa shape index (κ1) is 26.6. The number of rotatable bonds is 6. The number of hydrogen-bond donors (Lipinski definition) is 0. The lowest BCUT2D eigenvalue weighted by Gasteiger charge is -2.29. The second-order valence-electron chi connectivity index (χ2n) is 10.9. The van der Waals surface area contributed by atoms with Gasteiger partial charge in [0.1, 0.15) is 5.82 Å². The van der Waals surface area contributed by atoms with Crippen LogP contribution in [0.5, 0.6) is 0 Å². The smallest absolute Gasteiger partial charge is 0.359 e. The Bertz CT molecular complexity index is 2000. The molecule has 0 atom stereocenters. The average Bonchev–Trinajstić information content (AvgIpc) is 3.48. The van der Waals surface area contributed by atoms with E-state index in [4.69, 9.17) is 15.0 Å². The molecule has 0 amide bonds. The maximum Gasteiger partial charge on any atom is 0.421 e. The summed E-state index contributed by atoms with van der Waals surface area (Å²) in [6.45, 7) is -0.113. The van der Waals surface area contributed by atoms with Gasteiger partial charge in [0.2, 0.25) is 0 Å². The summed E-state index contributed by atoms with van der Waals surface area (Å²) in [5.41, 5.74) is 9.24. The Morgan fingerprint density at radius 2 is 0.978 bits per heavy atom. The second kappa shape index (κ2) is 11.6. The van der Waals surface area contributed by atoms with Gasteiger partial charge in [-0.15, -0.1) is 0 Å². The van der Waals surface area contributed by atoms with Crippen LogP contribution in [-0.2, 0) is 0 Å². The van der Waals surface area contributed by atoms with E-state index in [-0.39, 0.29) is 6.98 Å². The molecule has 212 valence electrons. The molecule has 5 aromatic carbocycles. The summed E-state index contributed by atoms with van der Waals surface area (Å²) < 4.78 is 0. The third-order valence-electron chi connectivity index (χ3n) is 8.14. The van der Waals surface area contributed by atoms with Crippen molar-refractivity contribution in [2.24, 2.45) is 0 Å². The SMILES string of the molecule is c1ccc(B2N(c3ccc(-c4cc(-c5ccccc5)nc(-c5ccccc5)n4)cc3)c3cccnc3N2c2ccccc2)cc1. The topological polar surface area (TPSA) is 45.2 Å². The predicted molar refractivity (Wildman–Crippen MR) is 185 cm³/mol. The largest absolute Gasteiger partial charge is 0.421 e. The van der Waals surface area contributed by atoms with Gasteiger partial charge < -0.3 is 9.62 Å². The number of hydrogen-bond acceptors (Lipinski definition) is 5. The molecule has 0 saturated heterocycles. The maximum atomic E-state index is 5.03. The Labute approximate surface area is 263 Å². The standard InChI is InChI=1S/C39H28BN5/c1-5-14-29(15-6-1)35-28-36(43-38(42-35)31-16-7-2-8-17-31)30-23-25-34(26-24-30)44-37-22-13-27-41-39(37)45(33-20-11-4-12-21-33)40(44)32-18-9-3-10-19-32/h1-28H. The summed E-state index contributed by atoms with van der Waals surface area (Å²) in [6.07, 6.45) is 1.87. The first-order chi connectivity index (χ1) is 22.3. The van der Waals surface area contributed by atoms with Gasteiger partial charge in [-0.2, -0.15) is 0 Å². The predicted octanol–water partition coefficient (Wildman–Crippen LogP) is 8.56. The van der Waals surface area contributed by atoms with Crippen molar-refractivity contribution in [3.8, 4) is 33.9 Å². The Morgan fingerprint density at radius 1 is 0.444 bits per heavy atom. The number of benzene rings is 5. The van der Waals surface area contributed by atoms with E-state index >= 15 is 0 Å². The van der Waals surface area contributed by atoms with E-state index in [1.807, 2.05) is 54.7 Å². The molecule has 45 heavy (non-hydrogen) atoms. The molecule has 0 radical (unpaired) electrons. The fourth-order valence-corrected chi connectivity index (χ4v) is 6.04. The van der Waals surface area contributed by atoms with Crippen LogP contribution >= 0.6 is 0 Å². The highest BCUT2D eigenvalue weighted by atomic mass is 15.3. The molecule has 1 aliphatic heterocycles. The monoisotopic (exact) mass is 577 g/mol. The van der Waals surface area contributed by atoms with E-state index in [0.717, 1.165) is 51.0 Å². The van der Waals surface area contributed by atoms with Gasteiger partial charge in [0, 0.05) is 34.3 Å². The van der Waals surface area contributed by atoms with Crippen molar-refractivity contribution in [3.05, 3.63) is 170 Å². The van der Waals surface area contributed by atoms with Gasteiger partial charge in [-0.3, -0.25) is 0 Å². The summed E-state index contributed by atoms with van der Waals surface area (Å²) in [6, 6.07) is 56.5. The van der Waals surface area contributed by atoms with Crippen LogP contribution in [0, 0.1) is 0 Å². The molecule has 0 unspecified atom stereocenters. The van der Waals surface area contributed by atoms with Crippen LogP contribution in [0.15, 0.2) is 170 Å². The Hall–Kier alpha value is -6.01. The minimum absolute atomic E-state index is 0.113. The Morgan fingerprint density at radius 3 is 1.62 bits per heavy atom. The van der Waals surface area contributed by atoms with Gasteiger partial charge in [-0.05, 0) is 47.9 Å². The molecule has 5 nitrogen and oxygen atoms in total. The summed E-state index contributed by atoms with van der Waals surface area (Å²) in [5, 5.41) is 0. The van der Waals surface area contributed by atoms with Gasteiger partial charge in [-0.25, -0.2) is 15.0 Å². The molecule has 3 heterocycles. The van der Waals surface area contributed by atoms with Crippen LogP contribution < -0.4 is 15.1 Å². The molecule has 0 bridgehead atoms. The zero-order chi connectivity index (χ0) is 30.0. The van der Waals surface area contributed by atoms with Gasteiger partial charge in [-0.1, -0.05) is 121 Å². The molecule has 0 spiro atoms. The number of pyridine rings is 1. The van der Waals surface area contributed by atoms with Gasteiger partial charge in [0.05, 0.1) is 17.1 Å². The third kappa shape index (κ3) is 5.02. The second-order valence-corrected chi connectivity index (χ2v) is 10.9. The highest BCUT2D eigenvalue weighted by molar-refractivity contribution is 6.84. The molecule has 2 aromatic heterocycles. The molecule has 1 aliphatic rings. The van der Waals surface area contributed by atoms with Crippen molar-refractivity contribution >= 4 is 35.3 Å². The van der Waals surface area contributed by atoms with Crippen LogP contribution in [0.1, 0.15) is 0 Å². The van der Waals surface area contributed by atoms with Crippen LogP contribution in [0.2, 0.25) is 0 Å². The summed E-state index contributed by atoms with van der Waals surface area (Å²) in [5.74, 6) is 1.63. The fourth-order valence-electron chi connectivity index (χ4n) is 6.04. The summed E-state index contributed by atoms with van der Waals surface area (Å²) in [7, 11) is 0. The molecule has 0 fully saturated rings. The van der Waals surface area contributed by atoms with Crippen LogP contribution in [-0.4, -0.2) is 21.9 Å². The van der Waals surface area contributed by atoms with E-state index in [1.165, 1.54) is 5.46 Å². The zero-order valence-corrected chi connectivity index (χ0v) is 24.5. The fraction of sp³-hybridized carbons (Fsp3) is 0. The number of nitrogens with zero attached hydrogens (tertiary/aromatic N) is 5. The summed E-state index contributed by atoms with van der Waals surface area (Å²) in [4.78, 5) is 19.6. The minimum atomic E-state index is -0.113. The molecule has 8 rings (SSSR count). The number of fused-ring (bicyclic) bond motifs is 1. The highest BCUT2D eigenvalue weighted by Crippen LogP contribution is 2.45. The van der Waals surface area contributed by atoms with Gasteiger partial charge >= 0.3 is 6.98 Å².